The SMILES string of the molecule is COc1ccc(OC)c(C(=O)/C=C/Nc2ccc(I)cc2)c1. The first-order valence-electron chi connectivity index (χ1n) is 6.59. The van der Waals surface area contributed by atoms with Crippen LogP contribution in [0.15, 0.2) is 54.7 Å². The molecular weight excluding hydrogens is 393 g/mol. The molecule has 0 radical (unpaired) electrons. The van der Waals surface area contributed by atoms with Crippen molar-refractivity contribution >= 4 is 34.1 Å². The average molecular weight is 409 g/mol. The Hall–Kier alpha value is -2.02. The number of hydrogen-bond donors (Lipinski definition) is 1. The highest BCUT2D eigenvalue weighted by Gasteiger charge is 2.10. The second kappa shape index (κ2) is 7.84. The molecule has 4 nitrogen and oxygen atoms in total. The number of methoxy groups -OCH3 is 2. The van der Waals surface area contributed by atoms with Crippen molar-refractivity contribution in [3.8, 4) is 11.5 Å². The summed E-state index contributed by atoms with van der Waals surface area (Å²) >= 11 is 2.24. The second-order valence-electron chi connectivity index (χ2n) is 4.42. The molecule has 0 heterocycles. The van der Waals surface area contributed by atoms with Crippen molar-refractivity contribution in [2.45, 2.75) is 0 Å². The molecule has 5 heteroatoms. The molecule has 0 atom stereocenters. The fourth-order valence-corrected chi connectivity index (χ4v) is 2.22. The number of rotatable bonds is 6. The number of carbonyl (C=O) groups is 1. The summed E-state index contributed by atoms with van der Waals surface area (Å²) in [7, 11) is 3.09. The molecular formula is C17H16INO3. The van der Waals surface area contributed by atoms with E-state index in [1.165, 1.54) is 13.2 Å². The quantitative estimate of drug-likeness (QED) is 0.443. The minimum Gasteiger partial charge on any atom is -0.497 e. The Balaban J connectivity index is 2.11. The topological polar surface area (TPSA) is 47.6 Å². The van der Waals surface area contributed by atoms with Gasteiger partial charge in [-0.3, -0.25) is 4.79 Å². The zero-order valence-corrected chi connectivity index (χ0v) is 14.5. The predicted octanol–water partition coefficient (Wildman–Crippen LogP) is 4.12. The van der Waals surface area contributed by atoms with Crippen LogP contribution >= 0.6 is 22.6 Å². The molecule has 0 aliphatic rings. The molecule has 0 fully saturated rings. The normalized spacial score (nSPS) is 10.5. The van der Waals surface area contributed by atoms with Gasteiger partial charge in [-0.05, 0) is 65.1 Å². The fraction of sp³-hybridized carbons (Fsp3) is 0.118. The van der Waals surface area contributed by atoms with Crippen molar-refractivity contribution in [3.05, 3.63) is 63.9 Å². The molecule has 0 saturated heterocycles. The predicted molar refractivity (Wildman–Crippen MR) is 95.8 cm³/mol. The first kappa shape index (κ1) is 16.4. The third kappa shape index (κ3) is 4.24. The van der Waals surface area contributed by atoms with E-state index >= 15 is 0 Å². The van der Waals surface area contributed by atoms with E-state index in [4.69, 9.17) is 9.47 Å². The zero-order chi connectivity index (χ0) is 15.9. The van der Waals surface area contributed by atoms with Crippen LogP contribution in [0.3, 0.4) is 0 Å². The van der Waals surface area contributed by atoms with Crippen molar-refractivity contribution in [1.29, 1.82) is 0 Å². The monoisotopic (exact) mass is 409 g/mol. The van der Waals surface area contributed by atoms with Crippen LogP contribution in [-0.2, 0) is 0 Å². The van der Waals surface area contributed by atoms with Crippen molar-refractivity contribution < 1.29 is 14.3 Å². The largest absolute Gasteiger partial charge is 0.497 e. The Kier molecular flexibility index (Phi) is 5.83. The van der Waals surface area contributed by atoms with Crippen molar-refractivity contribution in [2.24, 2.45) is 0 Å². The summed E-state index contributed by atoms with van der Waals surface area (Å²) in [5, 5.41) is 3.06. The van der Waals surface area contributed by atoms with Crippen molar-refractivity contribution in [1.82, 2.24) is 0 Å². The Morgan fingerprint density at radius 1 is 1.09 bits per heavy atom. The van der Waals surface area contributed by atoms with E-state index < -0.39 is 0 Å². The number of allylic oxidation sites excluding steroid dienone is 1. The van der Waals surface area contributed by atoms with Gasteiger partial charge in [0.05, 0.1) is 19.8 Å². The first-order valence-corrected chi connectivity index (χ1v) is 7.67. The molecule has 0 aromatic heterocycles. The molecule has 0 amide bonds. The third-order valence-corrected chi connectivity index (χ3v) is 3.72. The highest BCUT2D eigenvalue weighted by atomic mass is 127. The lowest BCUT2D eigenvalue weighted by Crippen LogP contribution is -2.01. The summed E-state index contributed by atoms with van der Waals surface area (Å²) in [6.07, 6.45) is 3.08. The summed E-state index contributed by atoms with van der Waals surface area (Å²) in [5.74, 6) is 0.974. The third-order valence-electron chi connectivity index (χ3n) is 3.00. The van der Waals surface area contributed by atoms with Crippen molar-refractivity contribution in [3.63, 3.8) is 0 Å². The fourth-order valence-electron chi connectivity index (χ4n) is 1.86. The maximum absolute atomic E-state index is 12.3. The van der Waals surface area contributed by atoms with Gasteiger partial charge in [0.15, 0.2) is 5.78 Å². The lowest BCUT2D eigenvalue weighted by molar-refractivity contribution is 0.104. The second-order valence-corrected chi connectivity index (χ2v) is 5.66. The minimum absolute atomic E-state index is 0.159. The van der Waals surface area contributed by atoms with Gasteiger partial charge in [-0.1, -0.05) is 0 Å². The van der Waals surface area contributed by atoms with E-state index in [1.807, 2.05) is 24.3 Å². The summed E-state index contributed by atoms with van der Waals surface area (Å²) in [6, 6.07) is 13.0. The van der Waals surface area contributed by atoms with Gasteiger partial charge < -0.3 is 14.8 Å². The van der Waals surface area contributed by atoms with Gasteiger partial charge in [-0.15, -0.1) is 0 Å². The van der Waals surface area contributed by atoms with E-state index in [1.54, 1.807) is 31.5 Å². The average Bonchev–Trinajstić information content (AvgIpc) is 2.56. The van der Waals surface area contributed by atoms with Crippen LogP contribution in [0.1, 0.15) is 10.4 Å². The van der Waals surface area contributed by atoms with E-state index in [2.05, 4.69) is 27.9 Å². The van der Waals surface area contributed by atoms with Crippen LogP contribution in [0.4, 0.5) is 5.69 Å². The number of carbonyl (C=O) groups excluding carboxylic acids is 1. The van der Waals surface area contributed by atoms with E-state index in [9.17, 15) is 4.79 Å². The molecule has 2 aromatic carbocycles. The Labute approximate surface area is 143 Å². The van der Waals surface area contributed by atoms with Crippen molar-refractivity contribution in [2.75, 3.05) is 19.5 Å². The number of halogens is 1. The van der Waals surface area contributed by atoms with Gasteiger partial charge in [0.1, 0.15) is 11.5 Å². The summed E-state index contributed by atoms with van der Waals surface area (Å²) in [6.45, 7) is 0. The molecule has 114 valence electrons. The Bertz CT molecular complexity index is 681. The van der Waals surface area contributed by atoms with Gasteiger partial charge in [0, 0.05) is 21.5 Å². The Morgan fingerprint density at radius 3 is 2.45 bits per heavy atom. The highest BCUT2D eigenvalue weighted by Crippen LogP contribution is 2.24. The summed E-state index contributed by atoms with van der Waals surface area (Å²) in [4.78, 5) is 12.3. The van der Waals surface area contributed by atoms with Gasteiger partial charge >= 0.3 is 0 Å². The number of nitrogens with one attached hydrogen (secondary N) is 1. The van der Waals surface area contributed by atoms with E-state index in [0.29, 0.717) is 17.1 Å². The maximum Gasteiger partial charge on any atom is 0.191 e. The Morgan fingerprint density at radius 2 is 1.82 bits per heavy atom. The van der Waals surface area contributed by atoms with Crippen LogP contribution in [0.2, 0.25) is 0 Å². The van der Waals surface area contributed by atoms with Crippen LogP contribution in [0.5, 0.6) is 11.5 Å². The number of ketones is 1. The van der Waals surface area contributed by atoms with Gasteiger partial charge in [0.25, 0.3) is 0 Å². The lowest BCUT2D eigenvalue weighted by atomic mass is 10.1. The molecule has 1 N–H and O–H groups in total. The minimum atomic E-state index is -0.159. The molecule has 0 aliphatic heterocycles. The molecule has 0 saturated carbocycles. The molecule has 0 bridgehead atoms. The molecule has 0 unspecified atom stereocenters. The zero-order valence-electron chi connectivity index (χ0n) is 12.3. The van der Waals surface area contributed by atoms with Crippen LogP contribution in [0, 0.1) is 3.57 Å². The van der Waals surface area contributed by atoms with Gasteiger partial charge in [0.2, 0.25) is 0 Å². The molecule has 0 aliphatic carbocycles. The maximum atomic E-state index is 12.3. The molecule has 2 aromatic rings. The van der Waals surface area contributed by atoms with E-state index in [-0.39, 0.29) is 5.78 Å². The molecule has 0 spiro atoms. The smallest absolute Gasteiger partial charge is 0.191 e. The van der Waals surface area contributed by atoms with Gasteiger partial charge in [-0.25, -0.2) is 0 Å². The first-order chi connectivity index (χ1) is 10.6. The molecule has 2 rings (SSSR count). The van der Waals surface area contributed by atoms with E-state index in [0.717, 1.165) is 9.26 Å². The number of benzene rings is 2. The standard InChI is InChI=1S/C17H16INO3/c1-21-14-7-8-17(22-2)15(11-14)16(20)9-10-19-13-5-3-12(18)4-6-13/h3-11,19H,1-2H3/b10-9+. The number of hydrogen-bond acceptors (Lipinski definition) is 4. The molecule has 22 heavy (non-hydrogen) atoms. The lowest BCUT2D eigenvalue weighted by Gasteiger charge is -2.08. The van der Waals surface area contributed by atoms with Crippen LogP contribution in [0.25, 0.3) is 0 Å². The summed E-state index contributed by atoms with van der Waals surface area (Å²) in [5.41, 5.74) is 1.38. The number of ether oxygens (including phenoxy) is 2. The van der Waals surface area contributed by atoms with Crippen LogP contribution < -0.4 is 14.8 Å². The van der Waals surface area contributed by atoms with Gasteiger partial charge in [-0.2, -0.15) is 0 Å². The summed E-state index contributed by atoms with van der Waals surface area (Å²) < 4.78 is 11.5. The highest BCUT2D eigenvalue weighted by molar-refractivity contribution is 14.1. The van der Waals surface area contributed by atoms with Crippen LogP contribution in [-0.4, -0.2) is 20.0 Å². The number of anilines is 1.